The lowest BCUT2D eigenvalue weighted by molar-refractivity contribution is -0.136. The Morgan fingerprint density at radius 2 is 1.67 bits per heavy atom. The Morgan fingerprint density at radius 3 is 2.42 bits per heavy atom. The molecule has 2 aromatic carbocycles. The topological polar surface area (TPSA) is 46.2 Å². The average Bonchev–Trinajstić information content (AvgIpc) is 2.54. The highest BCUT2D eigenvalue weighted by atomic mass is 32.1. The van der Waals surface area contributed by atoms with Crippen molar-refractivity contribution in [2.45, 2.75) is 6.18 Å². The first-order chi connectivity index (χ1) is 11.4. The van der Waals surface area contributed by atoms with Crippen LogP contribution in [0.25, 0.3) is 10.8 Å². The van der Waals surface area contributed by atoms with Crippen molar-refractivity contribution in [1.82, 2.24) is 0 Å². The lowest BCUT2D eigenvalue weighted by atomic mass is 10.1. The molecule has 1 N–H and O–H groups in total. The number of carbonyl (C=O) groups is 1. The molecule has 0 radical (unpaired) electrons. The number of nitrogens with one attached hydrogen (secondary N) is 1. The fourth-order valence-corrected chi connectivity index (χ4v) is 3.09. The molecule has 7 heteroatoms. The maximum atomic E-state index is 13.0. The van der Waals surface area contributed by atoms with Crippen LogP contribution in [-0.4, -0.2) is 5.91 Å². The van der Waals surface area contributed by atoms with Crippen LogP contribution in [0.15, 0.2) is 59.4 Å². The summed E-state index contributed by atoms with van der Waals surface area (Å²) in [6, 6.07) is 12.9. The van der Waals surface area contributed by atoms with Crippen molar-refractivity contribution >= 4 is 33.7 Å². The zero-order chi connectivity index (χ0) is 17.3. The minimum atomic E-state index is -4.58. The van der Waals surface area contributed by atoms with Crippen molar-refractivity contribution in [3.05, 3.63) is 74.6 Å². The number of hydrogen-bond donors (Lipinski definition) is 1. The molecule has 24 heavy (non-hydrogen) atoms. The van der Waals surface area contributed by atoms with E-state index in [1.54, 1.807) is 24.3 Å². The summed E-state index contributed by atoms with van der Waals surface area (Å²) in [5.74, 6) is -0.750. The molecule has 3 rings (SSSR count). The van der Waals surface area contributed by atoms with Gasteiger partial charge in [0.05, 0.1) is 16.1 Å². The van der Waals surface area contributed by atoms with Crippen LogP contribution >= 0.6 is 11.3 Å². The van der Waals surface area contributed by atoms with E-state index in [4.69, 9.17) is 0 Å². The number of fused-ring (bicyclic) bond motifs is 1. The summed E-state index contributed by atoms with van der Waals surface area (Å²) >= 11 is 0.699. The van der Waals surface area contributed by atoms with Gasteiger partial charge in [0.15, 0.2) is 0 Å². The Labute approximate surface area is 138 Å². The number of anilines is 1. The lowest BCUT2D eigenvalue weighted by Crippen LogP contribution is -2.17. The normalized spacial score (nSPS) is 11.5. The van der Waals surface area contributed by atoms with E-state index in [2.05, 4.69) is 5.32 Å². The van der Waals surface area contributed by atoms with Crippen LogP contribution in [0.3, 0.4) is 0 Å². The van der Waals surface area contributed by atoms with Gasteiger partial charge in [-0.3, -0.25) is 9.59 Å². The number of carbonyl (C=O) groups excluding carboxylic acids is 1. The Bertz CT molecular complexity index is 979. The molecule has 0 aliphatic heterocycles. The van der Waals surface area contributed by atoms with Gasteiger partial charge in [-0.2, -0.15) is 13.2 Å². The van der Waals surface area contributed by atoms with Gasteiger partial charge >= 0.3 is 6.18 Å². The van der Waals surface area contributed by atoms with E-state index in [1.807, 2.05) is 0 Å². The van der Waals surface area contributed by atoms with Crippen molar-refractivity contribution in [2.75, 3.05) is 5.32 Å². The molecule has 0 spiro atoms. The minimum Gasteiger partial charge on any atom is -0.321 e. The standard InChI is InChI=1S/C17H10F3NO2S/c18-17(19,20)12-7-3-4-8-13(12)21-15(22)14-9-10-5-1-2-6-11(10)16(23)24-14/h1-9H,(H,21,22). The molecule has 3 aromatic rings. The monoisotopic (exact) mass is 349 g/mol. The van der Waals surface area contributed by atoms with E-state index >= 15 is 0 Å². The summed E-state index contributed by atoms with van der Waals surface area (Å²) in [4.78, 5) is 24.4. The van der Waals surface area contributed by atoms with Gasteiger partial charge in [-0.05, 0) is 29.7 Å². The number of amides is 1. The van der Waals surface area contributed by atoms with Gasteiger partial charge < -0.3 is 5.32 Å². The zero-order valence-electron chi connectivity index (χ0n) is 12.1. The highest BCUT2D eigenvalue weighted by Crippen LogP contribution is 2.34. The molecule has 0 saturated carbocycles. The van der Waals surface area contributed by atoms with Crippen LogP contribution in [0.5, 0.6) is 0 Å². The number of alkyl halides is 3. The fourth-order valence-electron chi connectivity index (χ4n) is 2.27. The number of hydrogen-bond acceptors (Lipinski definition) is 3. The second-order valence-corrected chi connectivity index (χ2v) is 6.00. The molecule has 0 aliphatic carbocycles. The van der Waals surface area contributed by atoms with Gasteiger partial charge in [0, 0.05) is 5.39 Å². The first-order valence-corrected chi connectivity index (χ1v) is 7.68. The van der Waals surface area contributed by atoms with Crippen molar-refractivity contribution in [3.63, 3.8) is 0 Å². The molecular weight excluding hydrogens is 339 g/mol. The van der Waals surface area contributed by atoms with E-state index in [0.717, 1.165) is 6.07 Å². The third kappa shape index (κ3) is 3.16. The molecule has 1 amide bonds. The van der Waals surface area contributed by atoms with Gasteiger partial charge in [-0.1, -0.05) is 41.7 Å². The second-order valence-electron chi connectivity index (χ2n) is 4.98. The van der Waals surface area contributed by atoms with Crippen molar-refractivity contribution < 1.29 is 18.0 Å². The maximum Gasteiger partial charge on any atom is 0.418 e. The van der Waals surface area contributed by atoms with Crippen LogP contribution in [0, 0.1) is 0 Å². The summed E-state index contributed by atoms with van der Waals surface area (Å²) in [5, 5.41) is 3.27. The molecule has 3 nitrogen and oxygen atoms in total. The van der Waals surface area contributed by atoms with Crippen molar-refractivity contribution in [3.8, 4) is 0 Å². The number of para-hydroxylation sites is 1. The molecule has 122 valence electrons. The predicted molar refractivity (Wildman–Crippen MR) is 87.5 cm³/mol. The van der Waals surface area contributed by atoms with Crippen LogP contribution in [0.1, 0.15) is 15.2 Å². The molecule has 0 aliphatic rings. The third-order valence-corrected chi connectivity index (χ3v) is 4.30. The number of benzene rings is 2. The summed E-state index contributed by atoms with van der Waals surface area (Å²) in [5.41, 5.74) is -1.28. The molecule has 0 bridgehead atoms. The van der Waals surface area contributed by atoms with Gasteiger partial charge in [0.2, 0.25) is 4.74 Å². The number of rotatable bonds is 2. The van der Waals surface area contributed by atoms with Crippen LogP contribution < -0.4 is 10.1 Å². The highest BCUT2D eigenvalue weighted by molar-refractivity contribution is 7.12. The molecular formula is C17H10F3NO2S. The highest BCUT2D eigenvalue weighted by Gasteiger charge is 2.33. The smallest absolute Gasteiger partial charge is 0.321 e. The van der Waals surface area contributed by atoms with E-state index < -0.39 is 17.6 Å². The van der Waals surface area contributed by atoms with E-state index in [9.17, 15) is 22.8 Å². The van der Waals surface area contributed by atoms with Crippen LogP contribution in [0.2, 0.25) is 0 Å². The third-order valence-electron chi connectivity index (χ3n) is 3.37. The summed E-state index contributed by atoms with van der Waals surface area (Å²) < 4.78 is 38.6. The summed E-state index contributed by atoms with van der Waals surface area (Å²) in [6.07, 6.45) is -4.58. The lowest BCUT2D eigenvalue weighted by Gasteiger charge is -2.13. The summed E-state index contributed by atoms with van der Waals surface area (Å²) in [6.45, 7) is 0. The Morgan fingerprint density at radius 1 is 1.00 bits per heavy atom. The Balaban J connectivity index is 1.99. The molecule has 0 saturated heterocycles. The molecule has 1 heterocycles. The molecule has 0 unspecified atom stereocenters. The first kappa shape index (κ1) is 16.2. The largest absolute Gasteiger partial charge is 0.418 e. The average molecular weight is 349 g/mol. The quantitative estimate of drug-likeness (QED) is 0.739. The van der Waals surface area contributed by atoms with Crippen LogP contribution in [0.4, 0.5) is 18.9 Å². The first-order valence-electron chi connectivity index (χ1n) is 6.87. The van der Waals surface area contributed by atoms with Gasteiger partial charge in [0.1, 0.15) is 0 Å². The van der Waals surface area contributed by atoms with E-state index in [0.29, 0.717) is 22.1 Å². The van der Waals surface area contributed by atoms with Crippen LogP contribution in [-0.2, 0) is 6.18 Å². The minimum absolute atomic E-state index is 0.0516. The van der Waals surface area contributed by atoms with Crippen molar-refractivity contribution in [2.24, 2.45) is 0 Å². The summed E-state index contributed by atoms with van der Waals surface area (Å²) in [7, 11) is 0. The Hall–Kier alpha value is -2.67. The second kappa shape index (κ2) is 6.09. The zero-order valence-corrected chi connectivity index (χ0v) is 12.9. The molecule has 1 aromatic heterocycles. The SMILES string of the molecule is O=C(Nc1ccccc1C(F)(F)F)c1cc2ccccc2c(=O)s1. The maximum absolute atomic E-state index is 13.0. The van der Waals surface area contributed by atoms with Crippen molar-refractivity contribution in [1.29, 1.82) is 0 Å². The molecule has 0 fully saturated rings. The van der Waals surface area contributed by atoms with Gasteiger partial charge in [-0.25, -0.2) is 0 Å². The van der Waals surface area contributed by atoms with Gasteiger partial charge in [0.25, 0.3) is 5.91 Å². The predicted octanol–water partition coefficient (Wildman–Crippen LogP) is 4.53. The van der Waals surface area contributed by atoms with E-state index in [-0.39, 0.29) is 15.3 Å². The fraction of sp³-hybridized carbons (Fsp3) is 0.0588. The molecule has 0 atom stereocenters. The Kier molecular flexibility index (Phi) is 4.11. The van der Waals surface area contributed by atoms with E-state index in [1.165, 1.54) is 24.3 Å². The van der Waals surface area contributed by atoms with Gasteiger partial charge in [-0.15, -0.1) is 0 Å². The number of halogens is 3.